The molecule has 15 rings (SSSR count). The Morgan fingerprint density at radius 2 is 1.27 bits per heavy atom. The molecule has 14 heterocycles. The molecule has 1 N–H and O–H groups in total. The molecule has 0 radical (unpaired) electrons. The average Bonchev–Trinajstić information content (AvgIpc) is 4.31. The van der Waals surface area contributed by atoms with Gasteiger partial charge in [0, 0.05) is 83.2 Å². The number of aromatic nitrogens is 24. The number of hydrogen-bond acceptors (Lipinski definition) is 18. The Hall–Kier alpha value is -10.3. The monoisotopic (exact) mass is 1050 g/mol. The third-order valence-electron chi connectivity index (χ3n) is 12.3. The highest BCUT2D eigenvalue weighted by molar-refractivity contribution is 7.19. The minimum Gasteiger partial charge on any atom is -0.360 e. The molecule has 0 unspecified atom stereocenters. The molecule has 0 saturated heterocycles. The molecule has 0 amide bonds. The number of imidazole rings is 1. The van der Waals surface area contributed by atoms with Gasteiger partial charge in [0.2, 0.25) is 16.9 Å². The summed E-state index contributed by atoms with van der Waals surface area (Å²) in [5.74, 6) is 0. The third-order valence-corrected chi connectivity index (χ3v) is 14.4. The van der Waals surface area contributed by atoms with E-state index in [9.17, 15) is 0 Å². The Morgan fingerprint density at radius 3 is 1.92 bits per heavy atom. The van der Waals surface area contributed by atoms with E-state index in [1.807, 2.05) is 63.9 Å². The van der Waals surface area contributed by atoms with Crippen molar-refractivity contribution in [2.24, 2.45) is 7.05 Å². The van der Waals surface area contributed by atoms with Gasteiger partial charge in [-0.15, -0.1) is 38.0 Å². The van der Waals surface area contributed by atoms with Crippen molar-refractivity contribution in [1.82, 2.24) is 119 Å². The Labute approximate surface area is 441 Å². The van der Waals surface area contributed by atoms with Crippen LogP contribution in [-0.2, 0) is 39.9 Å². The zero-order chi connectivity index (χ0) is 51.8. The Morgan fingerprint density at radius 1 is 0.636 bits per heavy atom. The lowest BCUT2D eigenvalue weighted by molar-refractivity contribution is 0.660. The van der Waals surface area contributed by atoms with Crippen molar-refractivity contribution in [3.63, 3.8) is 0 Å². The van der Waals surface area contributed by atoms with Crippen molar-refractivity contribution < 1.29 is 0 Å². The van der Waals surface area contributed by atoms with Crippen LogP contribution in [0.4, 0.5) is 0 Å². The van der Waals surface area contributed by atoms with Gasteiger partial charge in [-0.3, -0.25) is 14.2 Å². The fourth-order valence-corrected chi connectivity index (χ4v) is 10.5. The summed E-state index contributed by atoms with van der Waals surface area (Å²) in [6.45, 7) is 11.7. The second-order valence-corrected chi connectivity index (χ2v) is 19.5. The van der Waals surface area contributed by atoms with E-state index in [0.717, 1.165) is 56.2 Å². The van der Waals surface area contributed by atoms with Crippen LogP contribution in [-0.4, -0.2) is 119 Å². The standard InChI is InChI=1S/C18H15N7S.C16H11N9S.C16H13N9/c1-2-24-9-12(7-20-24)15-8-19-17-18(21-15)25(23-22-17)10-13-11-26-16-6-4-3-5-14(13)16;1-17-9-24-7-10(5-20-24)13-6-19-15-16(21-13)25(23-22-15)8-11-4-12-14(26-11)2-3-18-12;1-23-10-12(7-19-23)13-8-18-15-16(20-13)25(22-21-15)9-11-2-4-24-5-3-17-14(24)6-11/h3-9,11H,2,10H2,1H3;2-7,18H,8-9H2;2-8,10H,9H2,1H3. The summed E-state index contributed by atoms with van der Waals surface area (Å²) < 4.78 is 14.9. The number of nitrogens with zero attached hydrogens (tertiary/aromatic N) is 24. The molecule has 25 nitrogen and oxygen atoms in total. The molecular formula is C50H39N25S2. The molecular weight excluding hydrogens is 1010 g/mol. The maximum absolute atomic E-state index is 6.92. The summed E-state index contributed by atoms with van der Waals surface area (Å²) in [5, 5.41) is 41.1. The molecule has 15 aromatic rings. The van der Waals surface area contributed by atoms with Gasteiger partial charge in [0.25, 0.3) is 0 Å². The number of H-pyrrole nitrogens is 1. The first-order valence-electron chi connectivity index (χ1n) is 23.9. The fourth-order valence-electron chi connectivity index (χ4n) is 8.54. The summed E-state index contributed by atoms with van der Waals surface area (Å²) >= 11 is 3.45. The normalized spacial score (nSPS) is 11.5. The van der Waals surface area contributed by atoms with Gasteiger partial charge in [-0.1, -0.05) is 33.8 Å². The van der Waals surface area contributed by atoms with E-state index in [-0.39, 0.29) is 6.67 Å². The first-order chi connectivity index (χ1) is 37.9. The van der Waals surface area contributed by atoms with Crippen LogP contribution < -0.4 is 0 Å². The zero-order valence-corrected chi connectivity index (χ0v) is 42.4. The van der Waals surface area contributed by atoms with Crippen molar-refractivity contribution in [3.8, 4) is 33.8 Å². The summed E-state index contributed by atoms with van der Waals surface area (Å²) in [6, 6.07) is 16.6. The van der Waals surface area contributed by atoms with E-state index in [1.165, 1.54) is 20.3 Å². The van der Waals surface area contributed by atoms with Gasteiger partial charge in [-0.05, 0) is 59.1 Å². The smallest absolute Gasteiger partial charge is 0.307 e. The van der Waals surface area contributed by atoms with Crippen molar-refractivity contribution in [3.05, 3.63) is 162 Å². The Balaban J connectivity index is 0.000000110. The van der Waals surface area contributed by atoms with Gasteiger partial charge in [-0.2, -0.15) is 15.3 Å². The zero-order valence-electron chi connectivity index (χ0n) is 40.8. The van der Waals surface area contributed by atoms with Gasteiger partial charge in [0.1, 0.15) is 5.65 Å². The molecule has 376 valence electrons. The molecule has 0 aliphatic heterocycles. The first kappa shape index (κ1) is 46.5. The van der Waals surface area contributed by atoms with E-state index in [1.54, 1.807) is 91.0 Å². The summed E-state index contributed by atoms with van der Waals surface area (Å²) in [4.78, 5) is 39.2. The highest BCUT2D eigenvalue weighted by Gasteiger charge is 2.16. The van der Waals surface area contributed by atoms with Crippen molar-refractivity contribution >= 4 is 82.5 Å². The highest BCUT2D eigenvalue weighted by Crippen LogP contribution is 2.28. The van der Waals surface area contributed by atoms with Gasteiger partial charge in [-0.25, -0.2) is 60.2 Å². The number of aromatic amines is 1. The van der Waals surface area contributed by atoms with E-state index in [0.29, 0.717) is 59.2 Å². The van der Waals surface area contributed by atoms with Crippen LogP contribution in [0.5, 0.6) is 0 Å². The number of fused-ring (bicyclic) bond motifs is 6. The number of benzene rings is 1. The number of nitrogens with one attached hydrogen (secondary N) is 1. The van der Waals surface area contributed by atoms with E-state index in [2.05, 4.69) is 135 Å². The average molecular weight is 1050 g/mol. The molecule has 0 fully saturated rings. The van der Waals surface area contributed by atoms with Crippen molar-refractivity contribution in [1.29, 1.82) is 0 Å². The molecule has 27 heteroatoms. The van der Waals surface area contributed by atoms with Crippen LogP contribution >= 0.6 is 22.7 Å². The Kier molecular flexibility index (Phi) is 12.0. The molecule has 0 aliphatic carbocycles. The molecule has 0 saturated carbocycles. The molecule has 1 aromatic carbocycles. The third kappa shape index (κ3) is 9.36. The lowest BCUT2D eigenvalue weighted by atomic mass is 10.2. The summed E-state index contributed by atoms with van der Waals surface area (Å²) in [5.41, 5.74) is 12.7. The number of pyridine rings is 1. The predicted molar refractivity (Wildman–Crippen MR) is 287 cm³/mol. The highest BCUT2D eigenvalue weighted by atomic mass is 32.1. The van der Waals surface area contributed by atoms with Gasteiger partial charge >= 0.3 is 6.67 Å². The summed E-state index contributed by atoms with van der Waals surface area (Å²) in [6.07, 6.45) is 23.5. The molecule has 77 heavy (non-hydrogen) atoms. The largest absolute Gasteiger partial charge is 0.360 e. The maximum Gasteiger partial charge on any atom is 0.307 e. The lowest BCUT2D eigenvalue weighted by Gasteiger charge is -2.03. The van der Waals surface area contributed by atoms with Crippen molar-refractivity contribution in [2.45, 2.75) is 39.8 Å². The van der Waals surface area contributed by atoms with Crippen LogP contribution in [0.1, 0.15) is 22.9 Å². The second kappa shape index (κ2) is 19.8. The van der Waals surface area contributed by atoms with Gasteiger partial charge < -0.3 is 9.38 Å². The molecule has 0 aliphatic rings. The van der Waals surface area contributed by atoms with Crippen LogP contribution in [0, 0.1) is 6.57 Å². The van der Waals surface area contributed by atoms with Crippen LogP contribution in [0.15, 0.2) is 134 Å². The SMILES string of the molecule is CCn1cc(-c2cnc3nnn(Cc4csc5ccccc45)c3n2)cn1.Cn1cc(-c2cnc3nnn(Cc4ccn5ccnc5c4)c3n2)cn1.[C-]#[N+]Cn1cc(-c2cnc3nnn(Cc4cc5[nH]ccc5s4)c3n2)cn1. The van der Waals surface area contributed by atoms with Crippen molar-refractivity contribution in [2.75, 3.05) is 0 Å². The van der Waals surface area contributed by atoms with Gasteiger partial charge in [0.15, 0.2) is 16.9 Å². The minimum absolute atomic E-state index is 0.181. The van der Waals surface area contributed by atoms with E-state index in [4.69, 9.17) is 11.6 Å². The van der Waals surface area contributed by atoms with Gasteiger partial charge in [0.05, 0.1) is 84.1 Å². The molecule has 14 aromatic heterocycles. The number of rotatable bonds is 11. The first-order valence-corrected chi connectivity index (χ1v) is 25.6. The number of thiophene rings is 2. The fraction of sp³-hybridized carbons (Fsp3) is 0.140. The quantitative estimate of drug-likeness (QED) is 0.125. The second-order valence-electron chi connectivity index (χ2n) is 17.5. The lowest BCUT2D eigenvalue weighted by Crippen LogP contribution is -2.04. The molecule has 0 bridgehead atoms. The van der Waals surface area contributed by atoms with E-state index < -0.39 is 0 Å². The van der Waals surface area contributed by atoms with E-state index >= 15 is 0 Å². The number of aryl methyl sites for hydroxylation is 2. The number of hydrogen-bond donors (Lipinski definition) is 1. The summed E-state index contributed by atoms with van der Waals surface area (Å²) in [7, 11) is 1.87. The predicted octanol–water partition coefficient (Wildman–Crippen LogP) is 7.24. The van der Waals surface area contributed by atoms with Crippen LogP contribution in [0.2, 0.25) is 0 Å². The topological polar surface area (TPSA) is 260 Å². The minimum atomic E-state index is 0.181. The maximum atomic E-state index is 6.92. The Bertz CT molecular complexity index is 4570. The molecule has 0 spiro atoms. The molecule has 0 atom stereocenters. The van der Waals surface area contributed by atoms with Crippen LogP contribution in [0.3, 0.4) is 0 Å². The van der Waals surface area contributed by atoms with Crippen LogP contribution in [0.25, 0.3) is 98.5 Å².